The maximum absolute atomic E-state index is 11.7. The summed E-state index contributed by atoms with van der Waals surface area (Å²) in [5.74, 6) is 5.57. The lowest BCUT2D eigenvalue weighted by Crippen LogP contribution is -2.29. The van der Waals surface area contributed by atoms with Gasteiger partial charge in [0.25, 0.3) is 11.5 Å². The number of aromatic nitrogens is 1. The fourth-order valence-electron chi connectivity index (χ4n) is 1.61. The van der Waals surface area contributed by atoms with E-state index in [1.807, 2.05) is 12.1 Å². The number of hydrogen-bond donors (Lipinski definition) is 2. The van der Waals surface area contributed by atoms with Crippen LogP contribution < -0.4 is 15.6 Å². The largest absolute Gasteiger partial charge is 0.479 e. The molecule has 5 nitrogen and oxygen atoms in total. The molecule has 0 spiro atoms. The van der Waals surface area contributed by atoms with Crippen LogP contribution in [0.15, 0.2) is 47.4 Å². The van der Waals surface area contributed by atoms with Gasteiger partial charge in [-0.25, -0.2) is 0 Å². The Labute approximate surface area is 132 Å². The van der Waals surface area contributed by atoms with Gasteiger partial charge < -0.3 is 15.0 Å². The Bertz CT molecular complexity index is 774. The van der Waals surface area contributed by atoms with Gasteiger partial charge >= 0.3 is 0 Å². The molecule has 2 N–H and O–H groups in total. The number of carbonyl (C=O) groups excluding carboxylic acids is 1. The highest BCUT2D eigenvalue weighted by Gasteiger charge is 2.07. The van der Waals surface area contributed by atoms with Gasteiger partial charge in [-0.15, -0.1) is 0 Å². The number of hydrogen-bond acceptors (Lipinski definition) is 3. The molecule has 0 aliphatic heterocycles. The third kappa shape index (κ3) is 4.40. The van der Waals surface area contributed by atoms with E-state index < -0.39 is 11.5 Å². The standard InChI is InChI=1S/C16H13ClN2O3/c17-13-7-1-2-8-14(13)22-11-4-3-9-18-15(20)12-6-5-10-19-16(12)21/h1-2,5-8,10H,9,11H2,(H,18,20)(H,19,21). The lowest BCUT2D eigenvalue weighted by Gasteiger charge is -2.03. The number of benzene rings is 1. The smallest absolute Gasteiger partial charge is 0.260 e. The Kier molecular flexibility index (Phi) is 5.64. The molecular formula is C16H13ClN2O3. The van der Waals surface area contributed by atoms with Gasteiger partial charge in [0.2, 0.25) is 0 Å². The Hall–Kier alpha value is -2.71. The molecule has 2 aromatic rings. The molecule has 0 fully saturated rings. The van der Waals surface area contributed by atoms with Crippen LogP contribution in [0.3, 0.4) is 0 Å². The first kappa shape index (κ1) is 15.7. The molecule has 1 heterocycles. The molecule has 1 aromatic heterocycles. The number of pyridine rings is 1. The first-order valence-corrected chi connectivity index (χ1v) is 6.85. The van der Waals surface area contributed by atoms with Gasteiger partial charge in [-0.05, 0) is 24.3 Å². The molecule has 0 radical (unpaired) electrons. The molecule has 0 bridgehead atoms. The minimum absolute atomic E-state index is 0.0524. The lowest BCUT2D eigenvalue weighted by molar-refractivity contribution is 0.0957. The van der Waals surface area contributed by atoms with Gasteiger partial charge in [-0.1, -0.05) is 35.6 Å². The van der Waals surface area contributed by atoms with Crippen LogP contribution >= 0.6 is 11.6 Å². The van der Waals surface area contributed by atoms with Crippen LogP contribution in [-0.2, 0) is 0 Å². The first-order valence-electron chi connectivity index (χ1n) is 6.47. The molecule has 0 aliphatic carbocycles. The Morgan fingerprint density at radius 1 is 1.23 bits per heavy atom. The molecule has 1 amide bonds. The summed E-state index contributed by atoms with van der Waals surface area (Å²) in [5, 5.41) is 3.05. The molecule has 2 rings (SSSR count). The summed E-state index contributed by atoms with van der Waals surface area (Å²) in [4.78, 5) is 25.5. The molecule has 6 heteroatoms. The second-order valence-electron chi connectivity index (χ2n) is 4.17. The van der Waals surface area contributed by atoms with Gasteiger partial charge in [-0.3, -0.25) is 9.59 Å². The van der Waals surface area contributed by atoms with E-state index in [9.17, 15) is 9.59 Å². The highest BCUT2D eigenvalue weighted by molar-refractivity contribution is 6.32. The van der Waals surface area contributed by atoms with Crippen LogP contribution in [0.4, 0.5) is 0 Å². The average Bonchev–Trinajstić information content (AvgIpc) is 2.52. The van der Waals surface area contributed by atoms with Crippen molar-refractivity contribution in [3.63, 3.8) is 0 Å². The molecule has 0 saturated heterocycles. The summed E-state index contributed by atoms with van der Waals surface area (Å²) in [6.07, 6.45) is 1.46. The van der Waals surface area contributed by atoms with Crippen LogP contribution in [-0.4, -0.2) is 24.0 Å². The Balaban J connectivity index is 1.78. The molecule has 112 valence electrons. The first-order chi connectivity index (χ1) is 10.7. The lowest BCUT2D eigenvalue weighted by atomic mass is 10.2. The molecular weight excluding hydrogens is 304 g/mol. The molecule has 0 unspecified atom stereocenters. The summed E-state index contributed by atoms with van der Waals surface area (Å²) in [5.41, 5.74) is -0.383. The van der Waals surface area contributed by atoms with Crippen molar-refractivity contribution in [2.45, 2.75) is 0 Å². The van der Waals surface area contributed by atoms with Crippen molar-refractivity contribution in [3.8, 4) is 17.6 Å². The van der Waals surface area contributed by atoms with Crippen molar-refractivity contribution in [2.75, 3.05) is 13.2 Å². The van der Waals surface area contributed by atoms with Crippen molar-refractivity contribution in [3.05, 3.63) is 63.5 Å². The normalized spacial score (nSPS) is 9.50. The minimum Gasteiger partial charge on any atom is -0.479 e. The predicted octanol–water partition coefficient (Wildman–Crippen LogP) is 1.84. The van der Waals surface area contributed by atoms with Crippen LogP contribution in [0, 0.1) is 11.8 Å². The Morgan fingerprint density at radius 2 is 2.05 bits per heavy atom. The summed E-state index contributed by atoms with van der Waals surface area (Å²) in [7, 11) is 0. The zero-order valence-electron chi connectivity index (χ0n) is 11.6. The third-order valence-electron chi connectivity index (χ3n) is 2.66. The Morgan fingerprint density at radius 3 is 2.82 bits per heavy atom. The van der Waals surface area contributed by atoms with E-state index in [2.05, 4.69) is 22.1 Å². The number of amides is 1. The molecule has 1 aromatic carbocycles. The fourth-order valence-corrected chi connectivity index (χ4v) is 1.80. The predicted molar refractivity (Wildman–Crippen MR) is 84.1 cm³/mol. The SMILES string of the molecule is O=C(NCC#CCOc1ccccc1Cl)c1ccc[nH]c1=O. The molecule has 22 heavy (non-hydrogen) atoms. The number of nitrogens with one attached hydrogen (secondary N) is 2. The van der Waals surface area contributed by atoms with Crippen LogP contribution in [0.2, 0.25) is 5.02 Å². The van der Waals surface area contributed by atoms with Crippen LogP contribution in [0.5, 0.6) is 5.75 Å². The number of carbonyl (C=O) groups is 1. The summed E-state index contributed by atoms with van der Waals surface area (Å²) in [6.45, 7) is 0.282. The van der Waals surface area contributed by atoms with E-state index in [-0.39, 0.29) is 18.7 Å². The summed E-state index contributed by atoms with van der Waals surface area (Å²) in [6, 6.07) is 10.1. The number of halogens is 1. The number of para-hydroxylation sites is 1. The monoisotopic (exact) mass is 316 g/mol. The second kappa shape index (κ2) is 7.91. The van der Waals surface area contributed by atoms with Crippen LogP contribution in [0.25, 0.3) is 0 Å². The van der Waals surface area contributed by atoms with E-state index in [1.54, 1.807) is 18.2 Å². The van der Waals surface area contributed by atoms with E-state index in [4.69, 9.17) is 16.3 Å². The maximum Gasteiger partial charge on any atom is 0.260 e. The van der Waals surface area contributed by atoms with Gasteiger partial charge in [0, 0.05) is 6.20 Å². The highest BCUT2D eigenvalue weighted by Crippen LogP contribution is 2.22. The fraction of sp³-hybridized carbons (Fsp3) is 0.125. The number of rotatable bonds is 4. The van der Waals surface area contributed by atoms with E-state index in [0.29, 0.717) is 10.8 Å². The van der Waals surface area contributed by atoms with E-state index >= 15 is 0 Å². The zero-order valence-corrected chi connectivity index (χ0v) is 12.3. The number of H-pyrrole nitrogens is 1. The highest BCUT2D eigenvalue weighted by atomic mass is 35.5. The van der Waals surface area contributed by atoms with Gasteiger partial charge in [-0.2, -0.15) is 0 Å². The second-order valence-corrected chi connectivity index (χ2v) is 4.58. The van der Waals surface area contributed by atoms with Crippen molar-refractivity contribution in [2.24, 2.45) is 0 Å². The van der Waals surface area contributed by atoms with Gasteiger partial charge in [0.15, 0.2) is 0 Å². The van der Waals surface area contributed by atoms with E-state index in [0.717, 1.165) is 0 Å². The number of aromatic amines is 1. The number of ether oxygens (including phenoxy) is 1. The quantitative estimate of drug-likeness (QED) is 0.846. The van der Waals surface area contributed by atoms with E-state index in [1.165, 1.54) is 12.3 Å². The van der Waals surface area contributed by atoms with Crippen LogP contribution in [0.1, 0.15) is 10.4 Å². The summed E-state index contributed by atoms with van der Waals surface area (Å²) < 4.78 is 5.37. The van der Waals surface area contributed by atoms with Crippen molar-refractivity contribution < 1.29 is 9.53 Å². The van der Waals surface area contributed by atoms with Crippen molar-refractivity contribution in [1.82, 2.24) is 10.3 Å². The zero-order chi connectivity index (χ0) is 15.8. The maximum atomic E-state index is 11.7. The molecule has 0 saturated carbocycles. The van der Waals surface area contributed by atoms with Crippen molar-refractivity contribution >= 4 is 17.5 Å². The van der Waals surface area contributed by atoms with Gasteiger partial charge in [0.1, 0.15) is 17.9 Å². The third-order valence-corrected chi connectivity index (χ3v) is 2.97. The van der Waals surface area contributed by atoms with Gasteiger partial charge in [0.05, 0.1) is 11.6 Å². The minimum atomic E-state index is -0.469. The topological polar surface area (TPSA) is 71.2 Å². The average molecular weight is 317 g/mol. The summed E-state index contributed by atoms with van der Waals surface area (Å²) >= 11 is 5.93. The molecule has 0 aliphatic rings. The van der Waals surface area contributed by atoms with Crippen molar-refractivity contribution in [1.29, 1.82) is 0 Å². The molecule has 0 atom stereocenters.